The molecule has 0 bridgehead atoms. The van der Waals surface area contributed by atoms with Gasteiger partial charge in [-0.25, -0.2) is 5.06 Å². The number of carbonyl (C=O) groups excluding carboxylic acids is 1. The SMILES string of the molecule is O=C(c1ccc2cc(Br)ccc2c1)N1CCCO1. The number of hydrogen-bond donors (Lipinski definition) is 0. The maximum Gasteiger partial charge on any atom is 0.277 e. The van der Waals surface area contributed by atoms with Crippen LogP contribution in [0.15, 0.2) is 40.9 Å². The van der Waals surface area contributed by atoms with E-state index in [1.807, 2.05) is 36.4 Å². The highest BCUT2D eigenvalue weighted by Crippen LogP contribution is 2.22. The lowest BCUT2D eigenvalue weighted by molar-refractivity contribution is -0.0768. The fraction of sp³-hybridized carbons (Fsp3) is 0.214. The fourth-order valence-corrected chi connectivity index (χ4v) is 2.48. The molecule has 1 aliphatic rings. The van der Waals surface area contributed by atoms with Crippen LogP contribution in [-0.4, -0.2) is 24.1 Å². The summed E-state index contributed by atoms with van der Waals surface area (Å²) in [6, 6.07) is 11.7. The number of benzene rings is 2. The predicted molar refractivity (Wildman–Crippen MR) is 73.3 cm³/mol. The summed E-state index contributed by atoms with van der Waals surface area (Å²) in [7, 11) is 0. The number of hydrogen-bond acceptors (Lipinski definition) is 2. The van der Waals surface area contributed by atoms with Crippen molar-refractivity contribution in [3.63, 3.8) is 0 Å². The van der Waals surface area contributed by atoms with E-state index >= 15 is 0 Å². The van der Waals surface area contributed by atoms with Gasteiger partial charge in [0.25, 0.3) is 5.91 Å². The Kier molecular flexibility index (Phi) is 3.06. The van der Waals surface area contributed by atoms with Crippen LogP contribution in [-0.2, 0) is 4.84 Å². The zero-order chi connectivity index (χ0) is 12.5. The lowest BCUT2D eigenvalue weighted by Crippen LogP contribution is -2.26. The van der Waals surface area contributed by atoms with Crippen molar-refractivity contribution in [2.75, 3.05) is 13.2 Å². The van der Waals surface area contributed by atoms with Gasteiger partial charge in [0.2, 0.25) is 0 Å². The van der Waals surface area contributed by atoms with E-state index in [-0.39, 0.29) is 5.91 Å². The Hall–Kier alpha value is -1.39. The summed E-state index contributed by atoms with van der Waals surface area (Å²) >= 11 is 3.44. The van der Waals surface area contributed by atoms with Gasteiger partial charge in [-0.2, -0.15) is 0 Å². The fourth-order valence-electron chi connectivity index (χ4n) is 2.10. The smallest absolute Gasteiger partial charge is 0.271 e. The van der Waals surface area contributed by atoms with Gasteiger partial charge in [-0.1, -0.05) is 28.1 Å². The van der Waals surface area contributed by atoms with E-state index < -0.39 is 0 Å². The molecule has 1 fully saturated rings. The van der Waals surface area contributed by atoms with E-state index in [1.54, 1.807) is 0 Å². The first-order chi connectivity index (χ1) is 8.74. The van der Waals surface area contributed by atoms with Gasteiger partial charge >= 0.3 is 0 Å². The first-order valence-corrected chi connectivity index (χ1v) is 6.67. The number of amides is 1. The predicted octanol–water partition coefficient (Wildman–Crippen LogP) is 3.38. The first kappa shape index (κ1) is 11.7. The van der Waals surface area contributed by atoms with E-state index in [0.717, 1.165) is 21.7 Å². The molecule has 1 aliphatic heterocycles. The van der Waals surface area contributed by atoms with Gasteiger partial charge in [0, 0.05) is 10.0 Å². The molecule has 2 aromatic rings. The Bertz CT molecular complexity index is 606. The van der Waals surface area contributed by atoms with Crippen LogP contribution >= 0.6 is 15.9 Å². The topological polar surface area (TPSA) is 29.5 Å². The van der Waals surface area contributed by atoms with Gasteiger partial charge in [0.15, 0.2) is 0 Å². The molecule has 0 saturated carbocycles. The number of carbonyl (C=O) groups is 1. The largest absolute Gasteiger partial charge is 0.277 e. The summed E-state index contributed by atoms with van der Waals surface area (Å²) in [6.45, 7) is 1.31. The van der Waals surface area contributed by atoms with Crippen LogP contribution in [0.5, 0.6) is 0 Å². The van der Waals surface area contributed by atoms with Gasteiger partial charge in [-0.15, -0.1) is 0 Å². The molecule has 0 spiro atoms. The van der Waals surface area contributed by atoms with Gasteiger partial charge < -0.3 is 0 Å². The van der Waals surface area contributed by atoms with Crippen molar-refractivity contribution in [3.05, 3.63) is 46.4 Å². The van der Waals surface area contributed by atoms with Crippen molar-refractivity contribution in [3.8, 4) is 0 Å². The Morgan fingerprint density at radius 3 is 2.72 bits per heavy atom. The highest BCUT2D eigenvalue weighted by atomic mass is 79.9. The Morgan fingerprint density at radius 2 is 1.94 bits per heavy atom. The third kappa shape index (κ3) is 2.13. The van der Waals surface area contributed by atoms with E-state index in [2.05, 4.69) is 15.9 Å². The highest BCUT2D eigenvalue weighted by Gasteiger charge is 2.20. The molecule has 0 atom stereocenters. The van der Waals surface area contributed by atoms with Gasteiger partial charge in [0.05, 0.1) is 13.2 Å². The van der Waals surface area contributed by atoms with Gasteiger partial charge in [-0.3, -0.25) is 9.63 Å². The Labute approximate surface area is 113 Å². The molecule has 1 amide bonds. The molecule has 2 aromatic carbocycles. The quantitative estimate of drug-likeness (QED) is 0.808. The van der Waals surface area contributed by atoms with Crippen molar-refractivity contribution in [1.82, 2.24) is 5.06 Å². The third-order valence-corrected chi connectivity index (χ3v) is 3.52. The van der Waals surface area contributed by atoms with Crippen molar-refractivity contribution >= 4 is 32.6 Å². The average molecular weight is 306 g/mol. The zero-order valence-corrected chi connectivity index (χ0v) is 11.3. The van der Waals surface area contributed by atoms with Crippen molar-refractivity contribution in [2.24, 2.45) is 0 Å². The minimum atomic E-state index is -0.0580. The number of hydroxylamine groups is 2. The molecular weight excluding hydrogens is 294 g/mol. The molecule has 18 heavy (non-hydrogen) atoms. The standard InChI is InChI=1S/C14H12BrNO2/c15-13-5-4-10-8-12(3-2-11(10)9-13)14(17)16-6-1-7-18-16/h2-5,8-9H,1,6-7H2. The summed E-state index contributed by atoms with van der Waals surface area (Å²) in [5.41, 5.74) is 0.673. The molecule has 3 rings (SSSR count). The highest BCUT2D eigenvalue weighted by molar-refractivity contribution is 9.10. The lowest BCUT2D eigenvalue weighted by Gasteiger charge is -2.14. The van der Waals surface area contributed by atoms with Crippen molar-refractivity contribution in [2.45, 2.75) is 6.42 Å². The molecule has 0 N–H and O–H groups in total. The molecule has 0 aliphatic carbocycles. The normalized spacial score (nSPS) is 15.3. The van der Waals surface area contributed by atoms with Crippen LogP contribution in [0.4, 0.5) is 0 Å². The first-order valence-electron chi connectivity index (χ1n) is 5.88. The molecule has 3 nitrogen and oxygen atoms in total. The molecule has 0 radical (unpaired) electrons. The summed E-state index contributed by atoms with van der Waals surface area (Å²) in [4.78, 5) is 17.4. The van der Waals surface area contributed by atoms with Crippen molar-refractivity contribution < 1.29 is 9.63 Å². The average Bonchev–Trinajstić information content (AvgIpc) is 2.91. The molecule has 92 valence electrons. The number of nitrogens with zero attached hydrogens (tertiary/aromatic N) is 1. The van der Waals surface area contributed by atoms with Crippen LogP contribution in [0, 0.1) is 0 Å². The second-order valence-electron chi connectivity index (χ2n) is 4.30. The minimum Gasteiger partial charge on any atom is -0.271 e. The minimum absolute atomic E-state index is 0.0580. The number of rotatable bonds is 1. The lowest BCUT2D eigenvalue weighted by atomic mass is 10.1. The molecule has 0 aromatic heterocycles. The van der Waals surface area contributed by atoms with E-state index in [0.29, 0.717) is 18.7 Å². The summed E-state index contributed by atoms with van der Waals surface area (Å²) in [5, 5.41) is 3.62. The summed E-state index contributed by atoms with van der Waals surface area (Å²) in [6.07, 6.45) is 0.909. The second kappa shape index (κ2) is 4.71. The molecular formula is C14H12BrNO2. The monoisotopic (exact) mass is 305 g/mol. The molecule has 0 unspecified atom stereocenters. The van der Waals surface area contributed by atoms with Gasteiger partial charge in [0.1, 0.15) is 0 Å². The van der Waals surface area contributed by atoms with Gasteiger partial charge in [-0.05, 0) is 41.5 Å². The van der Waals surface area contributed by atoms with Crippen LogP contribution in [0.2, 0.25) is 0 Å². The zero-order valence-electron chi connectivity index (χ0n) is 9.73. The maximum absolute atomic E-state index is 12.1. The van der Waals surface area contributed by atoms with E-state index in [1.165, 1.54) is 5.06 Å². The van der Waals surface area contributed by atoms with Crippen molar-refractivity contribution in [1.29, 1.82) is 0 Å². The van der Waals surface area contributed by atoms with E-state index in [4.69, 9.17) is 4.84 Å². The van der Waals surface area contributed by atoms with Crippen LogP contribution in [0.3, 0.4) is 0 Å². The summed E-state index contributed by atoms with van der Waals surface area (Å²) in [5.74, 6) is -0.0580. The van der Waals surface area contributed by atoms with Crippen LogP contribution in [0.1, 0.15) is 16.8 Å². The molecule has 1 saturated heterocycles. The third-order valence-electron chi connectivity index (χ3n) is 3.03. The Morgan fingerprint density at radius 1 is 1.17 bits per heavy atom. The maximum atomic E-state index is 12.1. The summed E-state index contributed by atoms with van der Waals surface area (Å²) < 4.78 is 1.04. The Balaban J connectivity index is 1.97. The number of fused-ring (bicyclic) bond motifs is 1. The number of halogens is 1. The molecule has 1 heterocycles. The second-order valence-corrected chi connectivity index (χ2v) is 5.22. The molecule has 4 heteroatoms. The van der Waals surface area contributed by atoms with Crippen LogP contribution < -0.4 is 0 Å². The van der Waals surface area contributed by atoms with E-state index in [9.17, 15) is 4.79 Å². The van der Waals surface area contributed by atoms with Crippen LogP contribution in [0.25, 0.3) is 10.8 Å².